The molecule has 6 nitrogen and oxygen atoms in total. The Bertz CT molecular complexity index is 1130. The van der Waals surface area contributed by atoms with Crippen molar-refractivity contribution in [1.82, 2.24) is 19.9 Å². The Kier molecular flexibility index (Phi) is 4.93. The van der Waals surface area contributed by atoms with Gasteiger partial charge in [0, 0.05) is 36.7 Å². The van der Waals surface area contributed by atoms with Gasteiger partial charge in [-0.15, -0.1) is 0 Å². The van der Waals surface area contributed by atoms with Gasteiger partial charge in [0.2, 0.25) is 0 Å². The Morgan fingerprint density at radius 1 is 1.00 bits per heavy atom. The van der Waals surface area contributed by atoms with Gasteiger partial charge >= 0.3 is 0 Å². The number of likely N-dealkylation sites (tertiary alicyclic amines) is 1. The lowest BCUT2D eigenvalue weighted by Crippen LogP contribution is -2.48. The second-order valence-corrected chi connectivity index (χ2v) is 8.85. The van der Waals surface area contributed by atoms with Gasteiger partial charge in [-0.1, -0.05) is 12.1 Å². The van der Waals surface area contributed by atoms with Crippen LogP contribution in [0.25, 0.3) is 11.3 Å². The van der Waals surface area contributed by atoms with Crippen LogP contribution in [0.4, 0.5) is 5.82 Å². The first-order valence-corrected chi connectivity index (χ1v) is 10.9. The van der Waals surface area contributed by atoms with Crippen LogP contribution in [0, 0.1) is 26.7 Å². The summed E-state index contributed by atoms with van der Waals surface area (Å²) in [6, 6.07) is 10.3. The number of carbonyl (C=O) groups excluding carboxylic acids is 1. The van der Waals surface area contributed by atoms with E-state index in [2.05, 4.69) is 26.3 Å². The molecule has 1 aliphatic carbocycles. The largest absolute Gasteiger partial charge is 0.365 e. The fourth-order valence-electron chi connectivity index (χ4n) is 5.06. The molecule has 2 aliphatic rings. The summed E-state index contributed by atoms with van der Waals surface area (Å²) in [6.07, 6.45) is 7.47. The maximum absolute atomic E-state index is 13.7. The Labute approximate surface area is 182 Å². The van der Waals surface area contributed by atoms with E-state index < -0.39 is 0 Å². The molecule has 158 valence electrons. The molecule has 3 unspecified atom stereocenters. The van der Waals surface area contributed by atoms with E-state index >= 15 is 0 Å². The summed E-state index contributed by atoms with van der Waals surface area (Å²) < 4.78 is 0. The Hall–Kier alpha value is -3.28. The molecule has 0 spiro atoms. The zero-order chi connectivity index (χ0) is 21.5. The SMILES string of the molecule is Cc1ccc(NC2CC3CC2N(C(=O)c2nccc(C)c2-c2ncccc2C)C3)nc1. The fourth-order valence-corrected chi connectivity index (χ4v) is 5.06. The zero-order valence-electron chi connectivity index (χ0n) is 18.2. The molecule has 4 heterocycles. The number of anilines is 1. The first-order chi connectivity index (χ1) is 15.0. The van der Waals surface area contributed by atoms with Crippen LogP contribution in [0.1, 0.15) is 40.0 Å². The van der Waals surface area contributed by atoms with Crippen molar-refractivity contribution in [2.45, 2.75) is 45.7 Å². The van der Waals surface area contributed by atoms with Crippen molar-refractivity contribution in [3.8, 4) is 11.3 Å². The number of aromatic nitrogens is 3. The summed E-state index contributed by atoms with van der Waals surface area (Å²) >= 11 is 0. The maximum Gasteiger partial charge on any atom is 0.273 e. The number of carbonyl (C=O) groups is 1. The number of hydrogen-bond acceptors (Lipinski definition) is 5. The number of nitrogens with zero attached hydrogens (tertiary/aromatic N) is 4. The maximum atomic E-state index is 13.7. The first-order valence-electron chi connectivity index (χ1n) is 10.9. The van der Waals surface area contributed by atoms with Gasteiger partial charge in [-0.3, -0.25) is 14.8 Å². The van der Waals surface area contributed by atoms with Crippen LogP contribution in [-0.2, 0) is 0 Å². The second-order valence-electron chi connectivity index (χ2n) is 8.85. The molecule has 0 aromatic carbocycles. The molecule has 1 amide bonds. The third kappa shape index (κ3) is 3.56. The van der Waals surface area contributed by atoms with Crippen molar-refractivity contribution in [2.75, 3.05) is 11.9 Å². The van der Waals surface area contributed by atoms with Crippen LogP contribution in [0.5, 0.6) is 0 Å². The highest BCUT2D eigenvalue weighted by atomic mass is 16.2. The molecular formula is C25H27N5O. The molecule has 1 aliphatic heterocycles. The van der Waals surface area contributed by atoms with Crippen LogP contribution >= 0.6 is 0 Å². The van der Waals surface area contributed by atoms with Gasteiger partial charge in [0.25, 0.3) is 5.91 Å². The van der Waals surface area contributed by atoms with Crippen LogP contribution in [0.15, 0.2) is 48.9 Å². The molecule has 3 aromatic heterocycles. The number of aryl methyl sites for hydroxylation is 3. The first kappa shape index (κ1) is 19.7. The standard InChI is InChI=1S/C25H27N5O/c1-15-6-7-21(28-13-15)29-19-11-18-12-20(19)30(14-18)25(31)24-22(16(2)8-10-27-24)23-17(3)5-4-9-26-23/h4-10,13,18-20H,11-12,14H2,1-3H3,(H,28,29). The van der Waals surface area contributed by atoms with E-state index in [0.717, 1.165) is 53.2 Å². The lowest BCUT2D eigenvalue weighted by Gasteiger charge is -2.34. The number of rotatable bonds is 4. The van der Waals surface area contributed by atoms with Crippen molar-refractivity contribution >= 4 is 11.7 Å². The normalized spacial score (nSPS) is 22.0. The predicted molar refractivity (Wildman–Crippen MR) is 121 cm³/mol. The molecule has 1 saturated carbocycles. The lowest BCUT2D eigenvalue weighted by atomic mass is 9.98. The molecule has 3 atom stereocenters. The molecule has 5 rings (SSSR count). The molecule has 0 radical (unpaired) electrons. The molecule has 2 fully saturated rings. The van der Waals surface area contributed by atoms with E-state index in [1.54, 1.807) is 12.4 Å². The van der Waals surface area contributed by atoms with Crippen LogP contribution < -0.4 is 5.32 Å². The van der Waals surface area contributed by atoms with Crippen LogP contribution in [0.2, 0.25) is 0 Å². The van der Waals surface area contributed by atoms with Gasteiger partial charge in [-0.2, -0.15) is 0 Å². The summed E-state index contributed by atoms with van der Waals surface area (Å²) in [7, 11) is 0. The summed E-state index contributed by atoms with van der Waals surface area (Å²) in [6.45, 7) is 6.87. The third-order valence-electron chi connectivity index (χ3n) is 6.60. The average Bonchev–Trinajstić information content (AvgIpc) is 3.36. The summed E-state index contributed by atoms with van der Waals surface area (Å²) in [5.74, 6) is 1.38. The smallest absolute Gasteiger partial charge is 0.273 e. The third-order valence-corrected chi connectivity index (χ3v) is 6.60. The average molecular weight is 414 g/mol. The van der Waals surface area contributed by atoms with Crippen molar-refractivity contribution in [2.24, 2.45) is 5.92 Å². The number of amides is 1. The van der Waals surface area contributed by atoms with Gasteiger partial charge in [0.15, 0.2) is 0 Å². The Morgan fingerprint density at radius 3 is 2.61 bits per heavy atom. The van der Waals surface area contributed by atoms with Gasteiger partial charge in [-0.05, 0) is 74.4 Å². The number of hydrogen-bond donors (Lipinski definition) is 1. The minimum absolute atomic E-state index is 0.000353. The van der Waals surface area contributed by atoms with Gasteiger partial charge in [0.1, 0.15) is 11.5 Å². The number of piperidine rings is 1. The predicted octanol–water partition coefficient (Wildman–Crippen LogP) is 4.18. The van der Waals surface area contributed by atoms with Crippen LogP contribution in [-0.4, -0.2) is 44.4 Å². The number of fused-ring (bicyclic) bond motifs is 2. The Balaban J connectivity index is 1.44. The molecule has 6 heteroatoms. The molecule has 1 saturated heterocycles. The molecule has 1 N–H and O–H groups in total. The van der Waals surface area contributed by atoms with Gasteiger partial charge in [-0.25, -0.2) is 4.98 Å². The topological polar surface area (TPSA) is 71.0 Å². The molecular weight excluding hydrogens is 386 g/mol. The fraction of sp³-hybridized carbons (Fsp3) is 0.360. The lowest BCUT2D eigenvalue weighted by molar-refractivity contribution is 0.0687. The van der Waals surface area contributed by atoms with Crippen molar-refractivity contribution in [3.05, 3.63) is 71.3 Å². The Morgan fingerprint density at radius 2 is 1.87 bits per heavy atom. The second kappa shape index (κ2) is 7.76. The number of nitrogens with one attached hydrogen (secondary N) is 1. The highest BCUT2D eigenvalue weighted by Crippen LogP contribution is 2.40. The van der Waals surface area contributed by atoms with Crippen molar-refractivity contribution in [1.29, 1.82) is 0 Å². The quantitative estimate of drug-likeness (QED) is 0.695. The van der Waals surface area contributed by atoms with E-state index in [1.165, 1.54) is 0 Å². The van der Waals surface area contributed by atoms with E-state index in [4.69, 9.17) is 0 Å². The highest BCUT2D eigenvalue weighted by Gasteiger charge is 2.47. The van der Waals surface area contributed by atoms with Crippen molar-refractivity contribution < 1.29 is 4.79 Å². The molecule has 2 bridgehead atoms. The molecule has 3 aromatic rings. The minimum Gasteiger partial charge on any atom is -0.365 e. The van der Waals surface area contributed by atoms with Gasteiger partial charge in [0.05, 0.1) is 11.7 Å². The van der Waals surface area contributed by atoms with E-state index in [9.17, 15) is 4.79 Å². The summed E-state index contributed by atoms with van der Waals surface area (Å²) in [5, 5.41) is 3.56. The summed E-state index contributed by atoms with van der Waals surface area (Å²) in [4.78, 5) is 29.4. The number of pyridine rings is 3. The van der Waals surface area contributed by atoms with E-state index in [-0.39, 0.29) is 18.0 Å². The van der Waals surface area contributed by atoms with Crippen LogP contribution in [0.3, 0.4) is 0 Å². The summed E-state index contributed by atoms with van der Waals surface area (Å²) in [5.41, 5.74) is 5.38. The minimum atomic E-state index is -0.000353. The van der Waals surface area contributed by atoms with Crippen molar-refractivity contribution in [3.63, 3.8) is 0 Å². The molecule has 31 heavy (non-hydrogen) atoms. The van der Waals surface area contributed by atoms with E-state index in [1.807, 2.05) is 56.1 Å². The zero-order valence-corrected chi connectivity index (χ0v) is 18.2. The van der Waals surface area contributed by atoms with E-state index in [0.29, 0.717) is 11.6 Å². The highest BCUT2D eigenvalue weighted by molar-refractivity contribution is 6.00. The monoisotopic (exact) mass is 413 g/mol. The van der Waals surface area contributed by atoms with Gasteiger partial charge < -0.3 is 10.2 Å².